The highest BCUT2D eigenvalue weighted by atomic mass is 16.5. The van der Waals surface area contributed by atoms with E-state index in [-0.39, 0.29) is 5.54 Å². The van der Waals surface area contributed by atoms with Crippen molar-refractivity contribution in [3.63, 3.8) is 0 Å². The quantitative estimate of drug-likeness (QED) is 0.775. The van der Waals surface area contributed by atoms with Gasteiger partial charge < -0.3 is 15.4 Å². The van der Waals surface area contributed by atoms with Crippen molar-refractivity contribution in [1.29, 1.82) is 0 Å². The number of ether oxygens (including phenoxy) is 1. The minimum atomic E-state index is 0.159. The van der Waals surface area contributed by atoms with E-state index in [1.807, 2.05) is 0 Å². The third kappa shape index (κ3) is 3.92. The molecule has 4 nitrogen and oxygen atoms in total. The van der Waals surface area contributed by atoms with Crippen molar-refractivity contribution < 1.29 is 4.74 Å². The molecule has 2 atom stereocenters. The van der Waals surface area contributed by atoms with E-state index in [0.29, 0.717) is 12.1 Å². The lowest BCUT2D eigenvalue weighted by Gasteiger charge is -2.49. The minimum absolute atomic E-state index is 0.159. The molecule has 2 unspecified atom stereocenters. The van der Waals surface area contributed by atoms with Gasteiger partial charge >= 0.3 is 0 Å². The van der Waals surface area contributed by atoms with E-state index in [1.165, 1.54) is 0 Å². The first-order valence-corrected chi connectivity index (χ1v) is 7.14. The second kappa shape index (κ2) is 6.85. The van der Waals surface area contributed by atoms with Crippen molar-refractivity contribution in [2.45, 2.75) is 51.3 Å². The normalized spacial score (nSPS) is 30.3. The SMILES string of the molecule is CC(C)OCCN(C)C1(CN)CCN(C)C(C)C1. The van der Waals surface area contributed by atoms with Crippen LogP contribution in [0.4, 0.5) is 0 Å². The van der Waals surface area contributed by atoms with Gasteiger partial charge in [0.2, 0.25) is 0 Å². The van der Waals surface area contributed by atoms with Crippen LogP contribution in [0.15, 0.2) is 0 Å². The first-order chi connectivity index (χ1) is 8.41. The number of nitrogens with two attached hydrogens (primary N) is 1. The van der Waals surface area contributed by atoms with E-state index in [0.717, 1.165) is 39.1 Å². The number of piperidine rings is 1. The summed E-state index contributed by atoms with van der Waals surface area (Å²) in [6, 6.07) is 0.607. The highest BCUT2D eigenvalue weighted by Gasteiger charge is 2.38. The van der Waals surface area contributed by atoms with Gasteiger partial charge in [-0.25, -0.2) is 0 Å². The van der Waals surface area contributed by atoms with Crippen LogP contribution < -0.4 is 5.73 Å². The lowest BCUT2D eigenvalue weighted by molar-refractivity contribution is -0.00249. The number of nitrogens with zero attached hydrogens (tertiary/aromatic N) is 2. The second-order valence-electron chi connectivity index (χ2n) is 6.05. The fourth-order valence-corrected chi connectivity index (χ4v) is 2.76. The van der Waals surface area contributed by atoms with E-state index in [4.69, 9.17) is 10.5 Å². The average Bonchev–Trinajstić information content (AvgIpc) is 2.32. The molecule has 1 saturated heterocycles. The Balaban J connectivity index is 2.53. The maximum absolute atomic E-state index is 6.08. The molecule has 18 heavy (non-hydrogen) atoms. The summed E-state index contributed by atoms with van der Waals surface area (Å²) in [7, 11) is 4.39. The number of rotatable bonds is 6. The molecular weight excluding hydrogens is 226 g/mol. The summed E-state index contributed by atoms with van der Waals surface area (Å²) in [5.74, 6) is 0. The lowest BCUT2D eigenvalue weighted by Crippen LogP contribution is -2.60. The Labute approximate surface area is 112 Å². The summed E-state index contributed by atoms with van der Waals surface area (Å²) in [5, 5.41) is 0. The maximum Gasteiger partial charge on any atom is 0.0597 e. The lowest BCUT2D eigenvalue weighted by atomic mass is 9.82. The van der Waals surface area contributed by atoms with Crippen LogP contribution >= 0.6 is 0 Å². The number of likely N-dealkylation sites (N-methyl/N-ethyl adjacent to an activating group) is 1. The van der Waals surface area contributed by atoms with Crippen molar-refractivity contribution in [2.75, 3.05) is 40.3 Å². The van der Waals surface area contributed by atoms with E-state index in [1.54, 1.807) is 0 Å². The molecule has 0 aromatic carbocycles. The fourth-order valence-electron chi connectivity index (χ4n) is 2.76. The highest BCUT2D eigenvalue weighted by Crippen LogP contribution is 2.29. The summed E-state index contributed by atoms with van der Waals surface area (Å²) in [5.41, 5.74) is 6.24. The molecule has 0 amide bonds. The van der Waals surface area contributed by atoms with Gasteiger partial charge in [-0.1, -0.05) is 0 Å². The molecule has 2 N–H and O–H groups in total. The van der Waals surface area contributed by atoms with E-state index < -0.39 is 0 Å². The predicted octanol–water partition coefficient (Wildman–Crippen LogP) is 1.15. The summed E-state index contributed by atoms with van der Waals surface area (Å²) < 4.78 is 5.65. The molecule has 1 aliphatic rings. The van der Waals surface area contributed by atoms with Crippen LogP contribution in [0.5, 0.6) is 0 Å². The number of hydrogen-bond acceptors (Lipinski definition) is 4. The van der Waals surface area contributed by atoms with Crippen LogP contribution in [0.3, 0.4) is 0 Å². The van der Waals surface area contributed by atoms with Gasteiger partial charge in [0.25, 0.3) is 0 Å². The zero-order valence-electron chi connectivity index (χ0n) is 12.8. The molecule has 1 aliphatic heterocycles. The van der Waals surface area contributed by atoms with Crippen LogP contribution in [0.25, 0.3) is 0 Å². The molecule has 0 radical (unpaired) electrons. The monoisotopic (exact) mass is 257 g/mol. The van der Waals surface area contributed by atoms with Gasteiger partial charge in [0.15, 0.2) is 0 Å². The number of likely N-dealkylation sites (tertiary alicyclic amines) is 1. The largest absolute Gasteiger partial charge is 0.377 e. The molecule has 0 aromatic heterocycles. The van der Waals surface area contributed by atoms with Gasteiger partial charge in [-0.3, -0.25) is 4.90 Å². The zero-order valence-corrected chi connectivity index (χ0v) is 12.8. The van der Waals surface area contributed by atoms with Crippen molar-refractivity contribution in [3.05, 3.63) is 0 Å². The van der Waals surface area contributed by atoms with Crippen molar-refractivity contribution >= 4 is 0 Å². The van der Waals surface area contributed by atoms with Gasteiger partial charge in [-0.15, -0.1) is 0 Å². The van der Waals surface area contributed by atoms with Crippen LogP contribution in [0, 0.1) is 0 Å². The predicted molar refractivity (Wildman–Crippen MR) is 76.8 cm³/mol. The molecule has 0 saturated carbocycles. The van der Waals surface area contributed by atoms with Gasteiger partial charge in [-0.2, -0.15) is 0 Å². The minimum Gasteiger partial charge on any atom is -0.377 e. The summed E-state index contributed by atoms with van der Waals surface area (Å²) >= 11 is 0. The maximum atomic E-state index is 6.08. The third-order valence-electron chi connectivity index (χ3n) is 4.43. The highest BCUT2D eigenvalue weighted by molar-refractivity contribution is 4.97. The Morgan fingerprint density at radius 3 is 2.67 bits per heavy atom. The molecule has 0 aliphatic carbocycles. The molecule has 0 aromatic rings. The third-order valence-corrected chi connectivity index (χ3v) is 4.43. The Bertz CT molecular complexity index is 247. The van der Waals surface area contributed by atoms with Crippen LogP contribution in [0.1, 0.15) is 33.6 Å². The average molecular weight is 257 g/mol. The molecule has 108 valence electrons. The molecule has 4 heteroatoms. The van der Waals surface area contributed by atoms with Crippen molar-refractivity contribution in [3.8, 4) is 0 Å². The van der Waals surface area contributed by atoms with Crippen LogP contribution in [-0.4, -0.2) is 67.8 Å². The first kappa shape index (κ1) is 15.9. The first-order valence-electron chi connectivity index (χ1n) is 7.14. The smallest absolute Gasteiger partial charge is 0.0597 e. The molecule has 0 spiro atoms. The second-order valence-corrected chi connectivity index (χ2v) is 6.05. The van der Waals surface area contributed by atoms with E-state index >= 15 is 0 Å². The van der Waals surface area contributed by atoms with Gasteiger partial charge in [0, 0.05) is 24.7 Å². The standard InChI is InChI=1S/C14H31N3O/c1-12(2)18-9-8-17(5)14(11-15)6-7-16(4)13(3)10-14/h12-13H,6-11,15H2,1-5H3. The Morgan fingerprint density at radius 2 is 2.17 bits per heavy atom. The van der Waals surface area contributed by atoms with E-state index in [2.05, 4.69) is 44.7 Å². The van der Waals surface area contributed by atoms with Crippen molar-refractivity contribution in [2.24, 2.45) is 5.73 Å². The molecular formula is C14H31N3O. The summed E-state index contributed by atoms with van der Waals surface area (Å²) in [6.45, 7) is 10.1. The van der Waals surface area contributed by atoms with Crippen LogP contribution in [-0.2, 0) is 4.74 Å². The van der Waals surface area contributed by atoms with Gasteiger partial charge in [0.05, 0.1) is 12.7 Å². The molecule has 1 fully saturated rings. The fraction of sp³-hybridized carbons (Fsp3) is 1.00. The van der Waals surface area contributed by atoms with Crippen LogP contribution in [0.2, 0.25) is 0 Å². The van der Waals surface area contributed by atoms with Gasteiger partial charge in [-0.05, 0) is 54.3 Å². The van der Waals surface area contributed by atoms with Crippen molar-refractivity contribution in [1.82, 2.24) is 9.80 Å². The Morgan fingerprint density at radius 1 is 1.50 bits per heavy atom. The topological polar surface area (TPSA) is 41.7 Å². The summed E-state index contributed by atoms with van der Waals surface area (Å²) in [4.78, 5) is 4.84. The zero-order chi connectivity index (χ0) is 13.8. The summed E-state index contributed by atoms with van der Waals surface area (Å²) in [6.07, 6.45) is 2.62. The van der Waals surface area contributed by atoms with E-state index in [9.17, 15) is 0 Å². The van der Waals surface area contributed by atoms with Gasteiger partial charge in [0.1, 0.15) is 0 Å². The Kier molecular flexibility index (Phi) is 6.05. The molecule has 1 rings (SSSR count). The molecule has 1 heterocycles. The Hall–Kier alpha value is -0.160. The molecule has 0 bridgehead atoms. The number of hydrogen-bond donors (Lipinski definition) is 1.